The van der Waals surface area contributed by atoms with Gasteiger partial charge in [-0.2, -0.15) is 5.10 Å². The largest absolute Gasteiger partial charge is 0.306 e. The number of anilines is 1. The normalized spacial score (nSPS) is 18.8. The summed E-state index contributed by atoms with van der Waals surface area (Å²) in [5.74, 6) is 1.53. The van der Waals surface area contributed by atoms with Gasteiger partial charge >= 0.3 is 0 Å². The number of nitrogens with zero attached hydrogens (tertiary/aromatic N) is 2. The third-order valence-corrected chi connectivity index (χ3v) is 6.06. The Morgan fingerprint density at radius 2 is 2.23 bits per heavy atom. The second kappa shape index (κ2) is 5.54. The maximum Gasteiger partial charge on any atom is 0.266 e. The topological polar surface area (TPSA) is 46.9 Å². The zero-order valence-corrected chi connectivity index (χ0v) is 13.7. The van der Waals surface area contributed by atoms with E-state index in [1.807, 2.05) is 10.7 Å². The standard InChI is InChI=1S/C17H21N3OS/c1-11(12-6-7-12)20-16(8-9-18-20)19-17(21)15-10-13-4-2-3-5-14(13)22-15/h8-12H,2-7H2,1H3,(H,19,21). The van der Waals surface area contributed by atoms with Crippen molar-refractivity contribution in [1.82, 2.24) is 9.78 Å². The number of rotatable bonds is 4. The smallest absolute Gasteiger partial charge is 0.266 e. The van der Waals surface area contributed by atoms with Crippen molar-refractivity contribution < 1.29 is 4.79 Å². The van der Waals surface area contributed by atoms with Gasteiger partial charge in [0.2, 0.25) is 0 Å². The van der Waals surface area contributed by atoms with Crippen molar-refractivity contribution in [2.45, 2.75) is 51.5 Å². The van der Waals surface area contributed by atoms with Gasteiger partial charge < -0.3 is 5.32 Å². The van der Waals surface area contributed by atoms with Gasteiger partial charge in [-0.3, -0.25) is 4.79 Å². The van der Waals surface area contributed by atoms with E-state index in [-0.39, 0.29) is 5.91 Å². The summed E-state index contributed by atoms with van der Waals surface area (Å²) in [5.41, 5.74) is 1.38. The summed E-state index contributed by atoms with van der Waals surface area (Å²) in [4.78, 5) is 14.8. The molecule has 0 radical (unpaired) electrons. The molecule has 2 aromatic rings. The minimum absolute atomic E-state index is 0.00384. The molecule has 5 heteroatoms. The van der Waals surface area contributed by atoms with Gasteiger partial charge in [-0.25, -0.2) is 4.68 Å². The highest BCUT2D eigenvalue weighted by Gasteiger charge is 2.31. The number of carbonyl (C=O) groups excluding carboxylic acids is 1. The minimum Gasteiger partial charge on any atom is -0.306 e. The first-order valence-corrected chi connectivity index (χ1v) is 9.00. The summed E-state index contributed by atoms with van der Waals surface area (Å²) in [6.45, 7) is 2.18. The molecule has 1 N–H and O–H groups in total. The van der Waals surface area contributed by atoms with Crippen LogP contribution in [0.1, 0.15) is 58.8 Å². The van der Waals surface area contributed by atoms with E-state index in [1.54, 1.807) is 17.5 Å². The molecule has 1 unspecified atom stereocenters. The van der Waals surface area contributed by atoms with Crippen molar-refractivity contribution in [2.75, 3.05) is 5.32 Å². The maximum absolute atomic E-state index is 12.5. The second-order valence-electron chi connectivity index (χ2n) is 6.46. The first kappa shape index (κ1) is 14.0. The predicted octanol–water partition coefficient (Wildman–Crippen LogP) is 4.05. The highest BCUT2D eigenvalue weighted by Crippen LogP contribution is 2.40. The minimum atomic E-state index is 0.00384. The summed E-state index contributed by atoms with van der Waals surface area (Å²) in [7, 11) is 0. The first-order valence-electron chi connectivity index (χ1n) is 8.19. The lowest BCUT2D eigenvalue weighted by Crippen LogP contribution is -2.17. The van der Waals surface area contributed by atoms with Crippen LogP contribution in [0.4, 0.5) is 5.82 Å². The van der Waals surface area contributed by atoms with Crippen molar-refractivity contribution in [1.29, 1.82) is 0 Å². The predicted molar refractivity (Wildman–Crippen MR) is 88.6 cm³/mol. The van der Waals surface area contributed by atoms with E-state index in [1.165, 1.54) is 36.1 Å². The molecule has 2 aliphatic rings. The number of aryl methyl sites for hydroxylation is 2. The molecular formula is C17H21N3OS. The Balaban J connectivity index is 1.52. The number of amides is 1. The molecule has 4 rings (SSSR count). The summed E-state index contributed by atoms with van der Waals surface area (Å²) in [6, 6.07) is 4.34. The van der Waals surface area contributed by atoms with E-state index in [0.717, 1.165) is 23.5 Å². The average Bonchev–Trinajstić information content (AvgIpc) is 3.12. The first-order chi connectivity index (χ1) is 10.7. The molecule has 4 nitrogen and oxygen atoms in total. The van der Waals surface area contributed by atoms with Gasteiger partial charge in [-0.1, -0.05) is 0 Å². The number of hydrogen-bond acceptors (Lipinski definition) is 3. The van der Waals surface area contributed by atoms with Crippen molar-refractivity contribution in [2.24, 2.45) is 5.92 Å². The Hall–Kier alpha value is -1.62. The van der Waals surface area contributed by atoms with Crippen LogP contribution in [0.2, 0.25) is 0 Å². The van der Waals surface area contributed by atoms with E-state index in [9.17, 15) is 4.79 Å². The van der Waals surface area contributed by atoms with Crippen LogP contribution in [0.5, 0.6) is 0 Å². The number of hydrogen-bond donors (Lipinski definition) is 1. The fraction of sp³-hybridized carbons (Fsp3) is 0.529. The van der Waals surface area contributed by atoms with Crippen LogP contribution in [-0.2, 0) is 12.8 Å². The lowest BCUT2D eigenvalue weighted by Gasteiger charge is -2.15. The maximum atomic E-state index is 12.5. The molecule has 0 saturated heterocycles. The van der Waals surface area contributed by atoms with Gasteiger partial charge in [0, 0.05) is 10.9 Å². The van der Waals surface area contributed by atoms with Crippen LogP contribution < -0.4 is 5.32 Å². The number of carbonyl (C=O) groups is 1. The van der Waals surface area contributed by atoms with Gasteiger partial charge in [-0.15, -0.1) is 11.3 Å². The molecule has 22 heavy (non-hydrogen) atoms. The van der Waals surface area contributed by atoms with Crippen molar-refractivity contribution >= 4 is 23.1 Å². The Bertz CT molecular complexity index is 675. The highest BCUT2D eigenvalue weighted by molar-refractivity contribution is 7.14. The summed E-state index contributed by atoms with van der Waals surface area (Å²) < 4.78 is 1.96. The molecular weight excluding hydrogens is 294 g/mol. The molecule has 116 valence electrons. The van der Waals surface area contributed by atoms with E-state index in [0.29, 0.717) is 12.0 Å². The van der Waals surface area contributed by atoms with Crippen molar-refractivity contribution in [3.63, 3.8) is 0 Å². The van der Waals surface area contributed by atoms with E-state index in [2.05, 4.69) is 23.4 Å². The molecule has 0 bridgehead atoms. The van der Waals surface area contributed by atoms with Crippen LogP contribution in [0.25, 0.3) is 0 Å². The third-order valence-electron chi connectivity index (χ3n) is 4.82. The molecule has 1 fully saturated rings. The van der Waals surface area contributed by atoms with Gasteiger partial charge in [-0.05, 0) is 63.0 Å². The van der Waals surface area contributed by atoms with Crippen LogP contribution in [-0.4, -0.2) is 15.7 Å². The summed E-state index contributed by atoms with van der Waals surface area (Å²) in [6.07, 6.45) is 9.06. The third kappa shape index (κ3) is 2.58. The Morgan fingerprint density at radius 3 is 3.00 bits per heavy atom. The monoisotopic (exact) mass is 315 g/mol. The molecule has 1 atom stereocenters. The van der Waals surface area contributed by atoms with E-state index >= 15 is 0 Å². The van der Waals surface area contributed by atoms with E-state index in [4.69, 9.17) is 0 Å². The molecule has 2 aromatic heterocycles. The fourth-order valence-corrected chi connectivity index (χ4v) is 4.45. The van der Waals surface area contributed by atoms with Crippen LogP contribution in [0, 0.1) is 5.92 Å². The molecule has 0 aromatic carbocycles. The molecule has 0 spiro atoms. The number of aromatic nitrogens is 2. The number of thiophene rings is 1. The number of fused-ring (bicyclic) bond motifs is 1. The van der Waals surface area contributed by atoms with E-state index < -0.39 is 0 Å². The zero-order valence-electron chi connectivity index (χ0n) is 12.8. The fourth-order valence-electron chi connectivity index (χ4n) is 3.30. The molecule has 1 saturated carbocycles. The molecule has 2 heterocycles. The van der Waals surface area contributed by atoms with Crippen LogP contribution >= 0.6 is 11.3 Å². The average molecular weight is 315 g/mol. The summed E-state index contributed by atoms with van der Waals surface area (Å²) >= 11 is 1.66. The molecule has 1 amide bonds. The Kier molecular flexibility index (Phi) is 3.53. The Labute approximate surface area is 134 Å². The molecule has 0 aliphatic heterocycles. The lowest BCUT2D eigenvalue weighted by molar-refractivity contribution is 0.102. The van der Waals surface area contributed by atoms with Gasteiger partial charge in [0.1, 0.15) is 5.82 Å². The molecule has 2 aliphatic carbocycles. The van der Waals surface area contributed by atoms with Crippen molar-refractivity contribution in [3.05, 3.63) is 33.6 Å². The van der Waals surface area contributed by atoms with Gasteiger partial charge in [0.15, 0.2) is 0 Å². The lowest BCUT2D eigenvalue weighted by atomic mass is 9.99. The van der Waals surface area contributed by atoms with Crippen molar-refractivity contribution in [3.8, 4) is 0 Å². The number of nitrogens with one attached hydrogen (secondary N) is 1. The Morgan fingerprint density at radius 1 is 1.41 bits per heavy atom. The van der Waals surface area contributed by atoms with Gasteiger partial charge in [0.25, 0.3) is 5.91 Å². The second-order valence-corrected chi connectivity index (χ2v) is 7.60. The van der Waals surface area contributed by atoms with Crippen LogP contribution in [0.15, 0.2) is 18.3 Å². The van der Waals surface area contributed by atoms with Gasteiger partial charge in [0.05, 0.1) is 17.1 Å². The van der Waals surface area contributed by atoms with Crippen LogP contribution in [0.3, 0.4) is 0 Å². The SMILES string of the molecule is CC(C1CC1)n1nccc1NC(=O)c1cc2c(s1)CCCC2. The summed E-state index contributed by atoms with van der Waals surface area (Å²) in [5, 5.41) is 7.45. The highest BCUT2D eigenvalue weighted by atomic mass is 32.1. The zero-order chi connectivity index (χ0) is 15.1. The quantitative estimate of drug-likeness (QED) is 0.925.